The molecule has 4 heteroatoms. The zero-order chi connectivity index (χ0) is 24.1. The van der Waals surface area contributed by atoms with Crippen LogP contribution in [0.25, 0.3) is 0 Å². The van der Waals surface area contributed by atoms with Crippen molar-refractivity contribution in [3.05, 3.63) is 88.3 Å². The lowest BCUT2D eigenvalue weighted by Crippen LogP contribution is -2.42. The molecule has 1 N–H and O–H groups in total. The van der Waals surface area contributed by atoms with Crippen LogP contribution in [0, 0.1) is 10.8 Å². The van der Waals surface area contributed by atoms with Gasteiger partial charge in [0.1, 0.15) is 12.4 Å². The van der Waals surface area contributed by atoms with Crippen LogP contribution in [0.1, 0.15) is 70.4 Å². The molecule has 0 radical (unpaired) electrons. The molecular formula is C30H33NO3. The maximum atomic E-state index is 13.6. The molecule has 34 heavy (non-hydrogen) atoms. The van der Waals surface area contributed by atoms with Gasteiger partial charge in [-0.3, -0.25) is 9.59 Å². The number of carbonyl (C=O) groups is 2. The Hall–Kier alpha value is -3.14. The van der Waals surface area contributed by atoms with E-state index in [2.05, 4.69) is 33.0 Å². The lowest BCUT2D eigenvalue weighted by atomic mass is 9.64. The summed E-state index contributed by atoms with van der Waals surface area (Å²) in [6.07, 6.45) is 2.56. The van der Waals surface area contributed by atoms with Crippen LogP contribution in [0.5, 0.6) is 5.75 Å². The first-order valence-electron chi connectivity index (χ1n) is 12.2. The Morgan fingerprint density at radius 1 is 0.765 bits per heavy atom. The minimum absolute atomic E-state index is 0.108. The molecule has 0 saturated heterocycles. The van der Waals surface area contributed by atoms with Crippen LogP contribution in [0.15, 0.2) is 77.1 Å². The van der Waals surface area contributed by atoms with Gasteiger partial charge in [-0.2, -0.15) is 0 Å². The molecule has 0 bridgehead atoms. The molecule has 0 atom stereocenters. The normalized spacial score (nSPS) is 21.6. The van der Waals surface area contributed by atoms with Crippen molar-refractivity contribution < 1.29 is 14.3 Å². The standard InChI is InChI=1S/C30H33NO3/c1-29(2)14-21-27(23(32)16-29)26(28-22(31-21)15-30(3,4)17-24(28)33)20-12-8-9-13-25(20)34-18-19-10-6-5-7-11-19/h5-13,26,31H,14-18H2,1-4H3. The van der Waals surface area contributed by atoms with Crippen molar-refractivity contribution in [1.29, 1.82) is 0 Å². The van der Waals surface area contributed by atoms with Crippen LogP contribution in [-0.2, 0) is 16.2 Å². The fourth-order valence-electron chi connectivity index (χ4n) is 5.79. The summed E-state index contributed by atoms with van der Waals surface area (Å²) in [6, 6.07) is 17.9. The van der Waals surface area contributed by atoms with E-state index in [0.717, 1.165) is 52.3 Å². The molecule has 3 aliphatic rings. The second-order valence-electron chi connectivity index (χ2n) is 11.5. The third kappa shape index (κ3) is 4.22. The average molecular weight is 456 g/mol. The summed E-state index contributed by atoms with van der Waals surface area (Å²) in [4.78, 5) is 27.1. The van der Waals surface area contributed by atoms with Gasteiger partial charge in [-0.05, 0) is 35.3 Å². The van der Waals surface area contributed by atoms with E-state index in [1.54, 1.807) is 0 Å². The molecule has 2 aliphatic carbocycles. The van der Waals surface area contributed by atoms with Gasteiger partial charge in [0.05, 0.1) is 0 Å². The highest BCUT2D eigenvalue weighted by Gasteiger charge is 2.47. The smallest absolute Gasteiger partial charge is 0.162 e. The molecule has 2 aromatic rings. The molecule has 0 saturated carbocycles. The third-order valence-electron chi connectivity index (χ3n) is 7.19. The van der Waals surface area contributed by atoms with Crippen LogP contribution < -0.4 is 10.1 Å². The summed E-state index contributed by atoms with van der Waals surface area (Å²) in [5.74, 6) is 0.606. The van der Waals surface area contributed by atoms with Gasteiger partial charge in [-0.15, -0.1) is 0 Å². The molecule has 0 unspecified atom stereocenters. The first-order chi connectivity index (χ1) is 16.1. The van der Waals surface area contributed by atoms with E-state index in [9.17, 15) is 9.59 Å². The van der Waals surface area contributed by atoms with Crippen LogP contribution >= 0.6 is 0 Å². The Bertz CT molecular complexity index is 1160. The summed E-state index contributed by atoms with van der Waals surface area (Å²) >= 11 is 0. The highest BCUT2D eigenvalue weighted by molar-refractivity contribution is 6.07. The molecule has 2 aromatic carbocycles. The lowest BCUT2D eigenvalue weighted by molar-refractivity contribution is -0.119. The van der Waals surface area contributed by atoms with E-state index in [1.165, 1.54) is 0 Å². The Labute approximate surface area is 202 Å². The van der Waals surface area contributed by atoms with Gasteiger partial charge in [0, 0.05) is 46.9 Å². The topological polar surface area (TPSA) is 55.4 Å². The number of Topliss-reactive ketones (excluding diaryl/α,β-unsaturated/α-hetero) is 2. The monoisotopic (exact) mass is 455 g/mol. The summed E-state index contributed by atoms with van der Waals surface area (Å²) in [7, 11) is 0. The second-order valence-corrected chi connectivity index (χ2v) is 11.5. The number of nitrogens with one attached hydrogen (secondary N) is 1. The van der Waals surface area contributed by atoms with Gasteiger partial charge >= 0.3 is 0 Å². The maximum absolute atomic E-state index is 13.6. The number of benzene rings is 2. The number of ketones is 2. The Balaban J connectivity index is 1.62. The lowest BCUT2D eigenvalue weighted by Gasteiger charge is -2.44. The van der Waals surface area contributed by atoms with E-state index in [4.69, 9.17) is 4.74 Å². The predicted octanol–water partition coefficient (Wildman–Crippen LogP) is 6.24. The Morgan fingerprint density at radius 2 is 1.29 bits per heavy atom. The number of dihydropyridines is 1. The highest BCUT2D eigenvalue weighted by Crippen LogP contribution is 2.52. The van der Waals surface area contributed by atoms with E-state index in [1.807, 2.05) is 54.6 Å². The van der Waals surface area contributed by atoms with Crippen LogP contribution in [0.2, 0.25) is 0 Å². The molecule has 0 amide bonds. The van der Waals surface area contributed by atoms with Crippen molar-refractivity contribution >= 4 is 11.6 Å². The van der Waals surface area contributed by atoms with Gasteiger partial charge in [0.25, 0.3) is 0 Å². The number of ether oxygens (including phenoxy) is 1. The van der Waals surface area contributed by atoms with Gasteiger partial charge in [-0.1, -0.05) is 76.2 Å². The summed E-state index contributed by atoms with van der Waals surface area (Å²) in [6.45, 7) is 9.00. The SMILES string of the molecule is CC1(C)CC(=O)C2=C(C1)NC1=C(C(=O)CC(C)(C)C1)C2c1ccccc1OCc1ccccc1. The zero-order valence-electron chi connectivity index (χ0n) is 20.5. The fraction of sp³-hybridized carbons (Fsp3) is 0.400. The molecule has 4 nitrogen and oxygen atoms in total. The predicted molar refractivity (Wildman–Crippen MR) is 133 cm³/mol. The number of rotatable bonds is 4. The van der Waals surface area contributed by atoms with Crippen molar-refractivity contribution in [1.82, 2.24) is 5.32 Å². The van der Waals surface area contributed by atoms with Crippen molar-refractivity contribution in [2.75, 3.05) is 0 Å². The molecule has 0 aromatic heterocycles. The van der Waals surface area contributed by atoms with Crippen molar-refractivity contribution in [3.8, 4) is 5.75 Å². The molecule has 1 heterocycles. The van der Waals surface area contributed by atoms with Crippen LogP contribution in [0.3, 0.4) is 0 Å². The van der Waals surface area contributed by atoms with Gasteiger partial charge in [0.2, 0.25) is 0 Å². The summed E-state index contributed by atoms with van der Waals surface area (Å²) in [5.41, 5.74) is 5.23. The van der Waals surface area contributed by atoms with E-state index >= 15 is 0 Å². The Kier molecular flexibility index (Phi) is 5.50. The highest BCUT2D eigenvalue weighted by atomic mass is 16.5. The number of carbonyl (C=O) groups excluding carboxylic acids is 2. The minimum atomic E-state index is -0.384. The van der Waals surface area contributed by atoms with Gasteiger partial charge in [0.15, 0.2) is 11.6 Å². The number of hydrogen-bond acceptors (Lipinski definition) is 4. The number of para-hydroxylation sites is 1. The largest absolute Gasteiger partial charge is 0.489 e. The van der Waals surface area contributed by atoms with E-state index in [0.29, 0.717) is 19.4 Å². The Morgan fingerprint density at radius 3 is 1.88 bits per heavy atom. The maximum Gasteiger partial charge on any atom is 0.162 e. The van der Waals surface area contributed by atoms with E-state index in [-0.39, 0.29) is 28.3 Å². The first-order valence-corrected chi connectivity index (χ1v) is 12.2. The van der Waals surface area contributed by atoms with Crippen molar-refractivity contribution in [2.45, 2.75) is 65.9 Å². The fourth-order valence-corrected chi connectivity index (χ4v) is 5.79. The van der Waals surface area contributed by atoms with Crippen LogP contribution in [0.4, 0.5) is 0 Å². The molecule has 176 valence electrons. The van der Waals surface area contributed by atoms with E-state index < -0.39 is 0 Å². The quantitative estimate of drug-likeness (QED) is 0.593. The summed E-state index contributed by atoms with van der Waals surface area (Å²) < 4.78 is 6.30. The van der Waals surface area contributed by atoms with Crippen molar-refractivity contribution in [2.24, 2.45) is 10.8 Å². The van der Waals surface area contributed by atoms with Gasteiger partial charge in [-0.25, -0.2) is 0 Å². The first kappa shape index (κ1) is 22.6. The minimum Gasteiger partial charge on any atom is -0.489 e. The third-order valence-corrected chi connectivity index (χ3v) is 7.19. The average Bonchev–Trinajstić information content (AvgIpc) is 2.75. The van der Waals surface area contributed by atoms with Crippen molar-refractivity contribution in [3.63, 3.8) is 0 Å². The zero-order valence-corrected chi connectivity index (χ0v) is 20.5. The number of hydrogen-bond donors (Lipinski definition) is 1. The molecular weight excluding hydrogens is 422 g/mol. The second kappa shape index (κ2) is 8.26. The summed E-state index contributed by atoms with van der Waals surface area (Å²) in [5, 5.41) is 3.58. The molecule has 0 fully saturated rings. The van der Waals surface area contributed by atoms with Crippen LogP contribution in [-0.4, -0.2) is 11.6 Å². The molecule has 1 aliphatic heterocycles. The van der Waals surface area contributed by atoms with Gasteiger partial charge < -0.3 is 10.1 Å². The number of allylic oxidation sites excluding steroid dienone is 4. The molecule has 5 rings (SSSR count). The molecule has 0 spiro atoms.